The van der Waals surface area contributed by atoms with Gasteiger partial charge in [-0.05, 0) is 33.1 Å². The first kappa shape index (κ1) is 22.4. The van der Waals surface area contributed by atoms with Crippen molar-refractivity contribution in [3.63, 3.8) is 0 Å². The number of hydrogen-bond donors (Lipinski definition) is 2. The number of rotatable bonds is 12. The van der Waals surface area contributed by atoms with Crippen molar-refractivity contribution in [3.05, 3.63) is 24.3 Å². The van der Waals surface area contributed by atoms with Crippen molar-refractivity contribution < 1.29 is 28.7 Å². The minimum Gasteiger partial charge on any atom is -0.463 e. The van der Waals surface area contributed by atoms with Gasteiger partial charge in [-0.25, -0.2) is 9.59 Å². The smallest absolute Gasteiger partial charge is 0.330 e. The molecule has 0 saturated heterocycles. The highest BCUT2D eigenvalue weighted by atomic mass is 16.5. The van der Waals surface area contributed by atoms with Gasteiger partial charge in [-0.15, -0.1) is 0 Å². The van der Waals surface area contributed by atoms with E-state index in [0.717, 1.165) is 43.6 Å². The molecule has 0 fully saturated rings. The molecule has 0 aliphatic rings. The zero-order valence-corrected chi connectivity index (χ0v) is 14.7. The molecule has 0 heterocycles. The van der Waals surface area contributed by atoms with Crippen LogP contribution >= 0.6 is 0 Å². The minimum atomic E-state index is -0.551. The third kappa shape index (κ3) is 14.7. The maximum atomic E-state index is 11.4. The summed E-state index contributed by atoms with van der Waals surface area (Å²) in [5.41, 5.74) is 0. The lowest BCUT2D eigenvalue weighted by atomic mass is 10.2. The Morgan fingerprint density at radius 1 is 0.680 bits per heavy atom. The van der Waals surface area contributed by atoms with Crippen molar-refractivity contribution in [3.8, 4) is 0 Å². The fourth-order valence-corrected chi connectivity index (χ4v) is 1.64. The van der Waals surface area contributed by atoms with Gasteiger partial charge in [0.05, 0.1) is 13.2 Å². The first-order valence-electron chi connectivity index (χ1n) is 8.24. The molecule has 0 unspecified atom stereocenters. The maximum absolute atomic E-state index is 11.4. The number of hydrogen-bond acceptors (Lipinski definition) is 6. The van der Waals surface area contributed by atoms with Gasteiger partial charge in [0.2, 0.25) is 11.8 Å². The van der Waals surface area contributed by atoms with Crippen molar-refractivity contribution in [2.24, 2.45) is 0 Å². The fourth-order valence-electron chi connectivity index (χ4n) is 1.64. The topological polar surface area (TPSA) is 111 Å². The molecule has 0 saturated carbocycles. The Bertz CT molecular complexity index is 455. The number of esters is 2. The second kappa shape index (κ2) is 14.9. The number of ether oxygens (including phenoxy) is 2. The Balaban J connectivity index is 3.64. The number of amides is 2. The van der Waals surface area contributed by atoms with Crippen LogP contribution in [0.25, 0.3) is 0 Å². The van der Waals surface area contributed by atoms with Crippen molar-refractivity contribution >= 4 is 23.8 Å². The van der Waals surface area contributed by atoms with E-state index in [2.05, 4.69) is 20.1 Å². The molecule has 0 radical (unpaired) electrons. The predicted octanol–water partition coefficient (Wildman–Crippen LogP) is 0.628. The Kier molecular flexibility index (Phi) is 13.3. The fraction of sp³-hybridized carbons (Fsp3) is 0.529. The summed E-state index contributed by atoms with van der Waals surface area (Å²) >= 11 is 0. The standard InChI is InChI=1S/C17H26N2O6/c1-3-24-16(22)10-8-14(20)18-12-6-5-7-13-19-15(21)9-11-17(23)25-4-2/h8-11H,3-7,12-13H2,1-2H3,(H,18,20)(H,19,21)/b10-8+,11-9+. The summed E-state index contributed by atoms with van der Waals surface area (Å²) in [6.45, 7) is 4.85. The van der Waals surface area contributed by atoms with Crippen LogP contribution in [0.15, 0.2) is 24.3 Å². The van der Waals surface area contributed by atoms with E-state index < -0.39 is 11.9 Å². The molecule has 8 nitrogen and oxygen atoms in total. The normalized spacial score (nSPS) is 10.6. The van der Waals surface area contributed by atoms with E-state index in [4.69, 9.17) is 0 Å². The molecule has 0 spiro atoms. The third-order valence-electron chi connectivity index (χ3n) is 2.77. The van der Waals surface area contributed by atoms with E-state index in [1.54, 1.807) is 13.8 Å². The van der Waals surface area contributed by atoms with Crippen LogP contribution in [-0.2, 0) is 28.7 Å². The SMILES string of the molecule is CCOC(=O)/C=C/C(=O)NCCCCCNC(=O)/C=C/C(=O)OCC. The molecular weight excluding hydrogens is 328 g/mol. The third-order valence-corrected chi connectivity index (χ3v) is 2.77. The molecule has 140 valence electrons. The lowest BCUT2D eigenvalue weighted by molar-refractivity contribution is -0.138. The van der Waals surface area contributed by atoms with E-state index >= 15 is 0 Å². The van der Waals surface area contributed by atoms with Gasteiger partial charge < -0.3 is 20.1 Å². The molecule has 0 aliphatic heterocycles. The predicted molar refractivity (Wildman–Crippen MR) is 91.4 cm³/mol. The van der Waals surface area contributed by atoms with Gasteiger partial charge in [-0.3, -0.25) is 9.59 Å². The molecule has 2 N–H and O–H groups in total. The quantitative estimate of drug-likeness (QED) is 0.302. The van der Waals surface area contributed by atoms with Gasteiger partial charge in [0.15, 0.2) is 0 Å². The molecule has 0 aromatic rings. The van der Waals surface area contributed by atoms with E-state index in [0.29, 0.717) is 13.1 Å². The summed E-state index contributed by atoms with van der Waals surface area (Å²) in [6, 6.07) is 0. The molecule has 0 aliphatic carbocycles. The molecule has 0 aromatic carbocycles. The van der Waals surface area contributed by atoms with Crippen molar-refractivity contribution in [1.82, 2.24) is 10.6 Å². The Morgan fingerprint density at radius 2 is 1.08 bits per heavy atom. The van der Waals surface area contributed by atoms with Crippen LogP contribution in [-0.4, -0.2) is 50.1 Å². The van der Waals surface area contributed by atoms with Gasteiger partial charge in [0.1, 0.15) is 0 Å². The average molecular weight is 354 g/mol. The Morgan fingerprint density at radius 3 is 1.44 bits per heavy atom. The number of unbranched alkanes of at least 4 members (excludes halogenated alkanes) is 2. The van der Waals surface area contributed by atoms with Gasteiger partial charge in [0, 0.05) is 37.4 Å². The van der Waals surface area contributed by atoms with E-state index in [1.165, 1.54) is 0 Å². The summed E-state index contributed by atoms with van der Waals surface area (Å²) in [6.07, 6.45) is 6.73. The minimum absolute atomic E-state index is 0.264. The van der Waals surface area contributed by atoms with E-state index in [1.807, 2.05) is 0 Å². The van der Waals surface area contributed by atoms with Gasteiger partial charge in [-0.1, -0.05) is 0 Å². The zero-order valence-electron chi connectivity index (χ0n) is 14.7. The summed E-state index contributed by atoms with van der Waals surface area (Å²) in [4.78, 5) is 44.8. The molecule has 8 heteroatoms. The molecule has 0 atom stereocenters. The number of carbonyl (C=O) groups is 4. The van der Waals surface area contributed by atoms with Crippen LogP contribution in [0, 0.1) is 0 Å². The average Bonchev–Trinajstić information content (AvgIpc) is 2.58. The second-order valence-corrected chi connectivity index (χ2v) is 4.81. The molecule has 0 rings (SSSR count). The molecule has 0 aromatic heterocycles. The van der Waals surface area contributed by atoms with Crippen molar-refractivity contribution in [2.45, 2.75) is 33.1 Å². The van der Waals surface area contributed by atoms with Crippen LogP contribution in [0.2, 0.25) is 0 Å². The highest BCUT2D eigenvalue weighted by Gasteiger charge is 2.00. The van der Waals surface area contributed by atoms with E-state index in [9.17, 15) is 19.2 Å². The number of carbonyl (C=O) groups excluding carboxylic acids is 4. The first-order valence-corrected chi connectivity index (χ1v) is 8.24. The van der Waals surface area contributed by atoms with Crippen molar-refractivity contribution in [1.29, 1.82) is 0 Å². The monoisotopic (exact) mass is 354 g/mol. The Labute approximate surface area is 147 Å². The Hall–Kier alpha value is -2.64. The highest BCUT2D eigenvalue weighted by Crippen LogP contribution is 1.93. The van der Waals surface area contributed by atoms with Crippen LogP contribution in [0.3, 0.4) is 0 Å². The first-order chi connectivity index (χ1) is 12.0. The van der Waals surface area contributed by atoms with Crippen LogP contribution in [0.4, 0.5) is 0 Å². The van der Waals surface area contributed by atoms with Crippen LogP contribution < -0.4 is 10.6 Å². The maximum Gasteiger partial charge on any atom is 0.330 e. The summed E-state index contributed by atoms with van der Waals surface area (Å²) in [5.74, 6) is -1.81. The van der Waals surface area contributed by atoms with Crippen molar-refractivity contribution in [2.75, 3.05) is 26.3 Å². The number of nitrogens with one attached hydrogen (secondary N) is 2. The largest absolute Gasteiger partial charge is 0.463 e. The summed E-state index contributed by atoms with van der Waals surface area (Å²) in [5, 5.41) is 5.28. The van der Waals surface area contributed by atoms with Gasteiger partial charge in [0.25, 0.3) is 0 Å². The van der Waals surface area contributed by atoms with Gasteiger partial charge >= 0.3 is 11.9 Å². The van der Waals surface area contributed by atoms with E-state index in [-0.39, 0.29) is 25.0 Å². The van der Waals surface area contributed by atoms with Crippen LogP contribution in [0.1, 0.15) is 33.1 Å². The molecule has 2 amide bonds. The zero-order chi connectivity index (χ0) is 18.9. The lowest BCUT2D eigenvalue weighted by Gasteiger charge is -2.04. The van der Waals surface area contributed by atoms with Gasteiger partial charge in [-0.2, -0.15) is 0 Å². The molecular formula is C17H26N2O6. The molecule has 0 bridgehead atoms. The summed E-state index contributed by atoms with van der Waals surface area (Å²) < 4.78 is 9.31. The highest BCUT2D eigenvalue weighted by molar-refractivity contribution is 5.95. The summed E-state index contributed by atoms with van der Waals surface area (Å²) in [7, 11) is 0. The second-order valence-electron chi connectivity index (χ2n) is 4.81. The molecule has 25 heavy (non-hydrogen) atoms. The van der Waals surface area contributed by atoms with Crippen LogP contribution in [0.5, 0.6) is 0 Å². The lowest BCUT2D eigenvalue weighted by Crippen LogP contribution is -2.24.